The lowest BCUT2D eigenvalue weighted by atomic mass is 10.1. The monoisotopic (exact) mass is 361 g/mol. The van der Waals surface area contributed by atoms with Crippen LogP contribution in [0.5, 0.6) is 0 Å². The van der Waals surface area contributed by atoms with Crippen LogP contribution in [0.4, 0.5) is 0 Å². The summed E-state index contributed by atoms with van der Waals surface area (Å²) in [4.78, 5) is 12.4. The average molecular weight is 362 g/mol. The number of piperidine rings is 1. The summed E-state index contributed by atoms with van der Waals surface area (Å²) in [6, 6.07) is 4.27. The quantitative estimate of drug-likeness (QED) is 0.612. The SMILES string of the molecule is CN=C(NCc1scnc1C)NCC(c1ccco1)N1CCCCC1. The lowest BCUT2D eigenvalue weighted by molar-refractivity contribution is 0.146. The van der Waals surface area contributed by atoms with Crippen LogP contribution in [0.15, 0.2) is 33.3 Å². The number of hydrogen-bond donors (Lipinski definition) is 2. The Bertz CT molecular complexity index is 661. The predicted octanol–water partition coefficient (Wildman–Crippen LogP) is 2.94. The molecule has 0 radical (unpaired) electrons. The van der Waals surface area contributed by atoms with E-state index in [1.807, 2.05) is 18.5 Å². The smallest absolute Gasteiger partial charge is 0.191 e. The number of likely N-dealkylation sites (tertiary alicyclic amines) is 1. The Morgan fingerprint density at radius 3 is 2.84 bits per heavy atom. The van der Waals surface area contributed by atoms with E-state index >= 15 is 0 Å². The lowest BCUT2D eigenvalue weighted by Crippen LogP contribution is -2.44. The van der Waals surface area contributed by atoms with E-state index in [4.69, 9.17) is 4.42 Å². The molecule has 2 aromatic heterocycles. The minimum absolute atomic E-state index is 0.235. The number of rotatable bonds is 6. The summed E-state index contributed by atoms with van der Waals surface area (Å²) >= 11 is 1.67. The van der Waals surface area contributed by atoms with E-state index in [2.05, 4.69) is 31.6 Å². The van der Waals surface area contributed by atoms with Gasteiger partial charge in [-0.3, -0.25) is 9.89 Å². The normalized spacial score (nSPS) is 17.4. The van der Waals surface area contributed by atoms with Gasteiger partial charge in [0.05, 0.1) is 30.1 Å². The summed E-state index contributed by atoms with van der Waals surface area (Å²) in [6.45, 7) is 5.80. The molecule has 0 saturated carbocycles. The summed E-state index contributed by atoms with van der Waals surface area (Å²) in [5, 5.41) is 6.83. The third-order valence-corrected chi connectivity index (χ3v) is 5.59. The van der Waals surface area contributed by atoms with Gasteiger partial charge in [0.1, 0.15) is 5.76 Å². The molecule has 3 rings (SSSR count). The molecule has 1 unspecified atom stereocenters. The molecule has 136 valence electrons. The predicted molar refractivity (Wildman–Crippen MR) is 102 cm³/mol. The van der Waals surface area contributed by atoms with Crippen molar-refractivity contribution in [2.24, 2.45) is 4.99 Å². The van der Waals surface area contributed by atoms with Gasteiger partial charge in [-0.05, 0) is 45.0 Å². The molecule has 0 spiro atoms. The molecule has 25 heavy (non-hydrogen) atoms. The molecule has 1 fully saturated rings. The van der Waals surface area contributed by atoms with Crippen LogP contribution in [0, 0.1) is 6.92 Å². The fourth-order valence-electron chi connectivity index (χ4n) is 3.19. The van der Waals surface area contributed by atoms with Gasteiger partial charge < -0.3 is 15.1 Å². The van der Waals surface area contributed by atoms with Crippen molar-refractivity contribution in [3.63, 3.8) is 0 Å². The highest BCUT2D eigenvalue weighted by atomic mass is 32.1. The largest absolute Gasteiger partial charge is 0.468 e. The molecule has 2 aromatic rings. The fraction of sp³-hybridized carbons (Fsp3) is 0.556. The zero-order valence-corrected chi connectivity index (χ0v) is 15.8. The summed E-state index contributed by atoms with van der Waals surface area (Å²) in [5.41, 5.74) is 2.96. The summed E-state index contributed by atoms with van der Waals surface area (Å²) in [5.74, 6) is 1.82. The Balaban J connectivity index is 1.58. The van der Waals surface area contributed by atoms with E-state index in [0.717, 1.165) is 43.6 Å². The molecular weight excluding hydrogens is 334 g/mol. The van der Waals surface area contributed by atoms with E-state index in [1.165, 1.54) is 24.1 Å². The molecule has 1 atom stereocenters. The minimum Gasteiger partial charge on any atom is -0.468 e. The molecule has 0 amide bonds. The standard InChI is InChI=1S/C18H27N5OS/c1-14-17(25-13-22-14)12-21-18(19-2)20-11-15(16-7-6-10-24-16)23-8-4-3-5-9-23/h6-7,10,13,15H,3-5,8-9,11-12H2,1-2H3,(H2,19,20,21). The summed E-state index contributed by atoms with van der Waals surface area (Å²) < 4.78 is 5.70. The van der Waals surface area contributed by atoms with E-state index in [9.17, 15) is 0 Å². The number of thiazole rings is 1. The maximum Gasteiger partial charge on any atom is 0.191 e. The van der Waals surface area contributed by atoms with Gasteiger partial charge in [0.15, 0.2) is 5.96 Å². The lowest BCUT2D eigenvalue weighted by Gasteiger charge is -2.33. The summed E-state index contributed by atoms with van der Waals surface area (Å²) in [7, 11) is 1.80. The van der Waals surface area contributed by atoms with Gasteiger partial charge in [0, 0.05) is 18.5 Å². The third kappa shape index (κ3) is 4.83. The first-order valence-corrected chi connectivity index (χ1v) is 9.77. The van der Waals surface area contributed by atoms with Crippen LogP contribution < -0.4 is 10.6 Å². The van der Waals surface area contributed by atoms with Crippen molar-refractivity contribution >= 4 is 17.3 Å². The number of hydrogen-bond acceptors (Lipinski definition) is 5. The molecule has 1 saturated heterocycles. The minimum atomic E-state index is 0.235. The van der Waals surface area contributed by atoms with E-state index < -0.39 is 0 Å². The van der Waals surface area contributed by atoms with Crippen molar-refractivity contribution < 1.29 is 4.42 Å². The zero-order valence-electron chi connectivity index (χ0n) is 15.0. The molecule has 7 heteroatoms. The van der Waals surface area contributed by atoms with Gasteiger partial charge in [-0.25, -0.2) is 4.98 Å². The number of nitrogens with one attached hydrogen (secondary N) is 2. The highest BCUT2D eigenvalue weighted by molar-refractivity contribution is 7.09. The topological polar surface area (TPSA) is 65.7 Å². The Kier molecular flexibility index (Phi) is 6.47. The van der Waals surface area contributed by atoms with Crippen LogP contribution in [-0.4, -0.2) is 42.5 Å². The van der Waals surface area contributed by atoms with Gasteiger partial charge in [-0.1, -0.05) is 6.42 Å². The number of guanidine groups is 1. The van der Waals surface area contributed by atoms with Crippen LogP contribution in [-0.2, 0) is 6.54 Å². The zero-order chi connectivity index (χ0) is 17.5. The molecular formula is C18H27N5OS. The maximum atomic E-state index is 5.70. The van der Waals surface area contributed by atoms with E-state index in [1.54, 1.807) is 24.6 Å². The highest BCUT2D eigenvalue weighted by Gasteiger charge is 2.24. The van der Waals surface area contributed by atoms with Gasteiger partial charge in [-0.2, -0.15) is 0 Å². The molecule has 6 nitrogen and oxygen atoms in total. The van der Waals surface area contributed by atoms with Gasteiger partial charge in [-0.15, -0.1) is 11.3 Å². The number of nitrogens with zero attached hydrogens (tertiary/aromatic N) is 3. The fourth-order valence-corrected chi connectivity index (χ4v) is 3.91. The Morgan fingerprint density at radius 2 is 2.20 bits per heavy atom. The second-order valence-corrected chi connectivity index (χ2v) is 7.23. The van der Waals surface area contributed by atoms with Gasteiger partial charge in [0.25, 0.3) is 0 Å². The molecule has 0 bridgehead atoms. The van der Waals surface area contributed by atoms with Crippen LogP contribution in [0.25, 0.3) is 0 Å². The van der Waals surface area contributed by atoms with Crippen molar-refractivity contribution in [1.29, 1.82) is 0 Å². The Hall–Kier alpha value is -1.86. The van der Waals surface area contributed by atoms with Crippen LogP contribution in [0.3, 0.4) is 0 Å². The third-order valence-electron chi connectivity index (χ3n) is 4.65. The second kappa shape index (κ2) is 9.01. The number of aromatic nitrogens is 1. The first-order chi connectivity index (χ1) is 12.3. The molecule has 0 aromatic carbocycles. The first kappa shape index (κ1) is 17.9. The van der Waals surface area contributed by atoms with Crippen molar-refractivity contribution in [1.82, 2.24) is 20.5 Å². The van der Waals surface area contributed by atoms with Crippen molar-refractivity contribution in [2.75, 3.05) is 26.7 Å². The number of aryl methyl sites for hydroxylation is 1. The molecule has 1 aliphatic heterocycles. The van der Waals surface area contributed by atoms with Crippen LogP contribution in [0.2, 0.25) is 0 Å². The maximum absolute atomic E-state index is 5.70. The number of aliphatic imine (C=N–C) groups is 1. The Labute approximate surface area is 153 Å². The summed E-state index contributed by atoms with van der Waals surface area (Å²) in [6.07, 6.45) is 5.60. The van der Waals surface area contributed by atoms with Gasteiger partial charge >= 0.3 is 0 Å². The van der Waals surface area contributed by atoms with E-state index in [0.29, 0.717) is 0 Å². The molecule has 3 heterocycles. The molecule has 0 aliphatic carbocycles. The Morgan fingerprint density at radius 1 is 1.36 bits per heavy atom. The molecule has 1 aliphatic rings. The van der Waals surface area contributed by atoms with E-state index in [-0.39, 0.29) is 6.04 Å². The second-order valence-electron chi connectivity index (χ2n) is 6.30. The number of furan rings is 1. The highest BCUT2D eigenvalue weighted by Crippen LogP contribution is 2.24. The van der Waals surface area contributed by atoms with Crippen molar-refractivity contribution in [3.05, 3.63) is 40.2 Å². The first-order valence-electron chi connectivity index (χ1n) is 8.89. The molecule has 2 N–H and O–H groups in total. The van der Waals surface area contributed by atoms with Crippen LogP contribution in [0.1, 0.15) is 41.6 Å². The average Bonchev–Trinajstić information content (AvgIpc) is 3.31. The van der Waals surface area contributed by atoms with Crippen LogP contribution >= 0.6 is 11.3 Å². The van der Waals surface area contributed by atoms with Crippen molar-refractivity contribution in [3.8, 4) is 0 Å². The van der Waals surface area contributed by atoms with Crippen molar-refractivity contribution in [2.45, 2.75) is 38.8 Å². The van der Waals surface area contributed by atoms with Gasteiger partial charge in [0.2, 0.25) is 0 Å².